The molecule has 150 valence electrons. The molecule has 1 N–H and O–H groups in total. The summed E-state index contributed by atoms with van der Waals surface area (Å²) in [5.74, 6) is 1.32. The van der Waals surface area contributed by atoms with Gasteiger partial charge in [0, 0.05) is 11.6 Å². The van der Waals surface area contributed by atoms with Crippen LogP contribution in [0.15, 0.2) is 60.8 Å². The summed E-state index contributed by atoms with van der Waals surface area (Å²) in [6, 6.07) is 18.8. The molecule has 1 aliphatic carbocycles. The van der Waals surface area contributed by atoms with Crippen molar-refractivity contribution < 1.29 is 9.84 Å². The predicted octanol–water partition coefficient (Wildman–Crippen LogP) is 5.06. The summed E-state index contributed by atoms with van der Waals surface area (Å²) in [7, 11) is 0. The minimum Gasteiger partial charge on any atom is -0.487 e. The number of aryl methyl sites for hydroxylation is 1. The van der Waals surface area contributed by atoms with Gasteiger partial charge in [0.1, 0.15) is 18.0 Å². The molecule has 4 heteroatoms. The molecule has 4 rings (SSSR count). The number of ether oxygens (including phenoxy) is 1. The number of hydrogen-bond acceptors (Lipinski definition) is 4. The molecule has 3 aromatic rings. The largest absolute Gasteiger partial charge is 0.487 e. The fourth-order valence-electron chi connectivity index (χ4n) is 3.70. The maximum atomic E-state index is 10.4. The molecule has 0 spiro atoms. The Morgan fingerprint density at radius 2 is 1.59 bits per heavy atom. The van der Waals surface area contributed by atoms with Gasteiger partial charge in [-0.15, -0.1) is 0 Å². The van der Waals surface area contributed by atoms with Crippen LogP contribution in [0.4, 0.5) is 0 Å². The second-order valence-corrected chi connectivity index (χ2v) is 8.56. The second kappa shape index (κ2) is 7.60. The van der Waals surface area contributed by atoms with Gasteiger partial charge in [-0.25, -0.2) is 9.97 Å². The summed E-state index contributed by atoms with van der Waals surface area (Å²) < 4.78 is 5.93. The Labute approximate surface area is 172 Å². The summed E-state index contributed by atoms with van der Waals surface area (Å²) in [5.41, 5.74) is 3.65. The van der Waals surface area contributed by atoms with Gasteiger partial charge in [-0.1, -0.05) is 55.8 Å². The first-order chi connectivity index (χ1) is 13.9. The quantitative estimate of drug-likeness (QED) is 0.641. The van der Waals surface area contributed by atoms with E-state index in [1.807, 2.05) is 18.2 Å². The number of rotatable bonds is 6. The van der Waals surface area contributed by atoms with E-state index in [1.54, 1.807) is 6.20 Å². The molecular weight excluding hydrogens is 360 g/mol. The third-order valence-electron chi connectivity index (χ3n) is 6.05. The minimum atomic E-state index is -0.848. The highest BCUT2D eigenvalue weighted by atomic mass is 16.5. The second-order valence-electron chi connectivity index (χ2n) is 8.56. The monoisotopic (exact) mass is 388 g/mol. The van der Waals surface area contributed by atoms with Crippen molar-refractivity contribution in [2.24, 2.45) is 0 Å². The average molecular weight is 389 g/mol. The van der Waals surface area contributed by atoms with Crippen LogP contribution in [-0.2, 0) is 17.6 Å². The number of benzene rings is 2. The maximum absolute atomic E-state index is 10.4. The van der Waals surface area contributed by atoms with E-state index in [1.165, 1.54) is 16.7 Å². The van der Waals surface area contributed by atoms with Gasteiger partial charge in [0.15, 0.2) is 5.82 Å². The summed E-state index contributed by atoms with van der Waals surface area (Å²) in [4.78, 5) is 8.74. The lowest BCUT2D eigenvalue weighted by Crippen LogP contribution is -2.35. The van der Waals surface area contributed by atoms with Crippen LogP contribution in [-0.4, -0.2) is 15.1 Å². The van der Waals surface area contributed by atoms with Gasteiger partial charge in [0.05, 0.1) is 5.69 Å². The molecule has 0 bridgehead atoms. The molecule has 4 nitrogen and oxygen atoms in total. The normalized spacial score (nSPS) is 15.6. The van der Waals surface area contributed by atoms with Crippen LogP contribution in [0.3, 0.4) is 0 Å². The molecule has 29 heavy (non-hydrogen) atoms. The van der Waals surface area contributed by atoms with Gasteiger partial charge in [-0.05, 0) is 55.5 Å². The predicted molar refractivity (Wildman–Crippen MR) is 114 cm³/mol. The van der Waals surface area contributed by atoms with E-state index in [0.29, 0.717) is 12.4 Å². The summed E-state index contributed by atoms with van der Waals surface area (Å²) in [6.07, 6.45) is 4.18. The lowest BCUT2D eigenvalue weighted by atomic mass is 9.78. The molecule has 0 atom stereocenters. The van der Waals surface area contributed by atoms with Crippen molar-refractivity contribution in [3.05, 3.63) is 89.0 Å². The Kier molecular flexibility index (Phi) is 5.13. The van der Waals surface area contributed by atoms with E-state index in [0.717, 1.165) is 30.7 Å². The van der Waals surface area contributed by atoms with Crippen molar-refractivity contribution in [3.63, 3.8) is 0 Å². The fourth-order valence-corrected chi connectivity index (χ4v) is 3.70. The molecule has 0 saturated heterocycles. The van der Waals surface area contributed by atoms with Gasteiger partial charge in [0.2, 0.25) is 0 Å². The van der Waals surface area contributed by atoms with Crippen molar-refractivity contribution in [2.45, 2.75) is 57.7 Å². The molecule has 1 aromatic heterocycles. The van der Waals surface area contributed by atoms with Gasteiger partial charge >= 0.3 is 0 Å². The highest BCUT2D eigenvalue weighted by molar-refractivity contribution is 5.40. The number of aromatic nitrogens is 2. The lowest BCUT2D eigenvalue weighted by molar-refractivity contribution is -0.0470. The Bertz CT molecular complexity index is 974. The molecule has 1 aliphatic rings. The smallest absolute Gasteiger partial charge is 0.160 e. The SMILES string of the molecule is Cc1ccc(C(C)(C)c2ccc(OCc3ccnc(C4(O)CCC4)n3)cc2)cc1. The van der Waals surface area contributed by atoms with E-state index in [2.05, 4.69) is 67.1 Å². The molecule has 0 radical (unpaired) electrons. The zero-order valence-corrected chi connectivity index (χ0v) is 17.4. The maximum Gasteiger partial charge on any atom is 0.160 e. The van der Waals surface area contributed by atoms with Crippen LogP contribution in [0, 0.1) is 6.92 Å². The van der Waals surface area contributed by atoms with Crippen molar-refractivity contribution in [1.82, 2.24) is 9.97 Å². The Hall–Kier alpha value is -2.72. The molecule has 1 fully saturated rings. The highest BCUT2D eigenvalue weighted by Gasteiger charge is 2.39. The van der Waals surface area contributed by atoms with E-state index in [4.69, 9.17) is 4.74 Å². The molecule has 1 heterocycles. The zero-order valence-electron chi connectivity index (χ0n) is 17.4. The van der Waals surface area contributed by atoms with Crippen LogP contribution >= 0.6 is 0 Å². The first kappa shape index (κ1) is 19.6. The summed E-state index contributed by atoms with van der Waals surface area (Å²) >= 11 is 0. The van der Waals surface area contributed by atoms with E-state index in [9.17, 15) is 5.11 Å². The summed E-state index contributed by atoms with van der Waals surface area (Å²) in [5, 5.41) is 10.4. The molecular formula is C25H28N2O2. The first-order valence-electron chi connectivity index (χ1n) is 10.2. The number of hydrogen-bond donors (Lipinski definition) is 1. The average Bonchev–Trinajstić information content (AvgIpc) is 2.71. The molecule has 2 aromatic carbocycles. The van der Waals surface area contributed by atoms with Crippen LogP contribution in [0.5, 0.6) is 5.75 Å². The van der Waals surface area contributed by atoms with Crippen molar-refractivity contribution in [2.75, 3.05) is 0 Å². The summed E-state index contributed by atoms with van der Waals surface area (Å²) in [6.45, 7) is 6.94. The van der Waals surface area contributed by atoms with Gasteiger partial charge in [0.25, 0.3) is 0 Å². The standard InChI is InChI=1S/C25H28N2O2/c1-18-5-7-19(8-6-18)24(2,3)20-9-11-22(12-10-20)29-17-21-13-16-26-23(27-21)25(28)14-4-15-25/h5-13,16,28H,4,14-15,17H2,1-3H3. The third-order valence-corrected chi connectivity index (χ3v) is 6.05. The van der Waals surface area contributed by atoms with Gasteiger partial charge < -0.3 is 9.84 Å². The molecule has 1 saturated carbocycles. The number of nitrogens with zero attached hydrogens (tertiary/aromatic N) is 2. The van der Waals surface area contributed by atoms with Crippen LogP contribution < -0.4 is 4.74 Å². The third kappa shape index (κ3) is 4.03. The van der Waals surface area contributed by atoms with Gasteiger partial charge in [-0.2, -0.15) is 0 Å². The Morgan fingerprint density at radius 3 is 2.17 bits per heavy atom. The molecule has 0 amide bonds. The number of aliphatic hydroxyl groups is 1. The minimum absolute atomic E-state index is 0.0774. The Morgan fingerprint density at radius 1 is 0.966 bits per heavy atom. The van der Waals surface area contributed by atoms with Gasteiger partial charge in [-0.3, -0.25) is 0 Å². The van der Waals surface area contributed by atoms with E-state index in [-0.39, 0.29) is 5.41 Å². The van der Waals surface area contributed by atoms with Crippen LogP contribution in [0.2, 0.25) is 0 Å². The molecule has 0 unspecified atom stereocenters. The van der Waals surface area contributed by atoms with Crippen molar-refractivity contribution >= 4 is 0 Å². The van der Waals surface area contributed by atoms with Crippen molar-refractivity contribution in [3.8, 4) is 5.75 Å². The van der Waals surface area contributed by atoms with Crippen molar-refractivity contribution in [1.29, 1.82) is 0 Å². The van der Waals surface area contributed by atoms with Crippen LogP contribution in [0.1, 0.15) is 61.3 Å². The zero-order chi connectivity index (χ0) is 20.5. The lowest BCUT2D eigenvalue weighted by Gasteiger charge is -2.34. The van der Waals surface area contributed by atoms with E-state index >= 15 is 0 Å². The fraction of sp³-hybridized carbons (Fsp3) is 0.360. The first-order valence-corrected chi connectivity index (χ1v) is 10.2. The van der Waals surface area contributed by atoms with Crippen LogP contribution in [0.25, 0.3) is 0 Å². The topological polar surface area (TPSA) is 55.2 Å². The van der Waals surface area contributed by atoms with E-state index < -0.39 is 5.60 Å². The molecule has 0 aliphatic heterocycles. The Balaban J connectivity index is 1.43. The highest BCUT2D eigenvalue weighted by Crippen LogP contribution is 2.39.